The number of carbonyl (C=O) groups excluding carboxylic acids is 2. The second kappa shape index (κ2) is 13.0. The van der Waals surface area contributed by atoms with Crippen LogP contribution in [-0.4, -0.2) is 53.1 Å². The monoisotopic (exact) mass is 428 g/mol. The molecule has 0 spiro atoms. The van der Waals surface area contributed by atoms with Gasteiger partial charge in [0.2, 0.25) is 0 Å². The van der Waals surface area contributed by atoms with Crippen molar-refractivity contribution in [3.8, 4) is 0 Å². The summed E-state index contributed by atoms with van der Waals surface area (Å²) in [5.41, 5.74) is 0.869. The van der Waals surface area contributed by atoms with Crippen molar-refractivity contribution in [2.24, 2.45) is 0 Å². The SMILES string of the molecule is C=CCN(C(=O)OC(C)(C)C)C(/C=C(\C(=O)N(CCC)CCC)c1ccccc1)CC. The first-order valence-electron chi connectivity index (χ1n) is 11.3. The van der Waals surface area contributed by atoms with Crippen LogP contribution < -0.4 is 0 Å². The van der Waals surface area contributed by atoms with Crippen LogP contribution in [0.4, 0.5) is 4.79 Å². The molecule has 0 saturated carbocycles. The largest absolute Gasteiger partial charge is 0.444 e. The Labute approximate surface area is 188 Å². The van der Waals surface area contributed by atoms with E-state index in [-0.39, 0.29) is 11.9 Å². The molecule has 1 unspecified atom stereocenters. The van der Waals surface area contributed by atoms with Crippen LogP contribution in [-0.2, 0) is 9.53 Å². The zero-order valence-electron chi connectivity index (χ0n) is 20.2. The van der Waals surface area contributed by atoms with E-state index in [1.54, 1.807) is 11.0 Å². The van der Waals surface area contributed by atoms with Gasteiger partial charge in [-0.2, -0.15) is 0 Å². The second-order valence-electron chi connectivity index (χ2n) is 8.64. The maximum absolute atomic E-state index is 13.6. The maximum Gasteiger partial charge on any atom is 0.411 e. The number of hydrogen-bond donors (Lipinski definition) is 0. The predicted molar refractivity (Wildman–Crippen MR) is 129 cm³/mol. The standard InChI is InChI=1S/C26H40N2O3/c1-8-17-27(18-9-2)24(29)23(21-15-13-12-14-16-21)20-22(11-4)28(19-10-3)25(30)31-26(5,6)7/h10,12-16,20,22H,3,8-9,11,17-19H2,1-2,4-7H3/b23-20-. The van der Waals surface area contributed by atoms with Gasteiger partial charge in [-0.25, -0.2) is 4.79 Å². The Morgan fingerprint density at radius 1 is 1.06 bits per heavy atom. The van der Waals surface area contributed by atoms with Crippen LogP contribution in [0.1, 0.15) is 66.4 Å². The van der Waals surface area contributed by atoms with Gasteiger partial charge in [-0.15, -0.1) is 6.58 Å². The Morgan fingerprint density at radius 2 is 1.65 bits per heavy atom. The summed E-state index contributed by atoms with van der Waals surface area (Å²) in [7, 11) is 0. The molecular weight excluding hydrogens is 388 g/mol. The van der Waals surface area contributed by atoms with E-state index in [1.807, 2.05) is 69.0 Å². The van der Waals surface area contributed by atoms with Gasteiger partial charge in [0, 0.05) is 25.2 Å². The summed E-state index contributed by atoms with van der Waals surface area (Å²) < 4.78 is 5.62. The fraction of sp³-hybridized carbons (Fsp3) is 0.538. The topological polar surface area (TPSA) is 49.9 Å². The molecule has 0 saturated heterocycles. The van der Waals surface area contributed by atoms with Crippen LogP contribution in [0.2, 0.25) is 0 Å². The molecule has 5 nitrogen and oxygen atoms in total. The van der Waals surface area contributed by atoms with Crippen molar-refractivity contribution in [2.45, 2.75) is 72.4 Å². The third-order valence-corrected chi connectivity index (χ3v) is 4.72. The van der Waals surface area contributed by atoms with Gasteiger partial charge in [0.25, 0.3) is 5.91 Å². The molecule has 0 bridgehead atoms. The molecule has 0 aliphatic rings. The van der Waals surface area contributed by atoms with E-state index >= 15 is 0 Å². The molecule has 31 heavy (non-hydrogen) atoms. The highest BCUT2D eigenvalue weighted by Gasteiger charge is 2.28. The first-order valence-corrected chi connectivity index (χ1v) is 11.3. The van der Waals surface area contributed by atoms with Crippen molar-refractivity contribution in [3.63, 3.8) is 0 Å². The number of hydrogen-bond acceptors (Lipinski definition) is 3. The Kier molecular flexibility index (Phi) is 11.1. The molecule has 0 aliphatic heterocycles. The van der Waals surface area contributed by atoms with E-state index in [4.69, 9.17) is 4.74 Å². The molecule has 1 rings (SSSR count). The quantitative estimate of drug-likeness (QED) is 0.325. The molecule has 0 aromatic heterocycles. The van der Waals surface area contributed by atoms with Crippen molar-refractivity contribution in [1.29, 1.82) is 0 Å². The van der Waals surface area contributed by atoms with Crippen LogP contribution in [0.15, 0.2) is 49.1 Å². The van der Waals surface area contributed by atoms with Crippen molar-refractivity contribution in [1.82, 2.24) is 9.80 Å². The van der Waals surface area contributed by atoms with Crippen LogP contribution in [0, 0.1) is 0 Å². The first kappa shape index (κ1) is 26.5. The molecular formula is C26H40N2O3. The molecule has 0 fully saturated rings. The normalized spacial score (nSPS) is 12.8. The second-order valence-corrected chi connectivity index (χ2v) is 8.64. The summed E-state index contributed by atoms with van der Waals surface area (Å²) in [6.45, 7) is 17.2. The Morgan fingerprint density at radius 3 is 2.10 bits per heavy atom. The van der Waals surface area contributed by atoms with E-state index in [0.717, 1.165) is 18.4 Å². The van der Waals surface area contributed by atoms with Crippen molar-refractivity contribution < 1.29 is 14.3 Å². The van der Waals surface area contributed by atoms with Crippen molar-refractivity contribution in [3.05, 3.63) is 54.6 Å². The average molecular weight is 429 g/mol. The summed E-state index contributed by atoms with van der Waals surface area (Å²) in [6, 6.07) is 9.38. The van der Waals surface area contributed by atoms with Crippen LogP contribution in [0.3, 0.4) is 0 Å². The van der Waals surface area contributed by atoms with Gasteiger partial charge in [0.05, 0.1) is 6.04 Å². The van der Waals surface area contributed by atoms with Gasteiger partial charge in [0.15, 0.2) is 0 Å². The van der Waals surface area contributed by atoms with Crippen molar-refractivity contribution in [2.75, 3.05) is 19.6 Å². The maximum atomic E-state index is 13.6. The zero-order chi connectivity index (χ0) is 23.4. The first-order chi connectivity index (χ1) is 14.7. The minimum absolute atomic E-state index is 0.00362. The summed E-state index contributed by atoms with van der Waals surface area (Å²) in [4.78, 5) is 30.0. The molecule has 1 aromatic rings. The molecule has 5 heteroatoms. The van der Waals surface area contributed by atoms with Crippen molar-refractivity contribution >= 4 is 17.6 Å². The molecule has 0 aliphatic carbocycles. The lowest BCUT2D eigenvalue weighted by Gasteiger charge is -2.32. The van der Waals surface area contributed by atoms with E-state index in [0.29, 0.717) is 31.6 Å². The van der Waals surface area contributed by atoms with Gasteiger partial charge in [-0.1, -0.05) is 57.2 Å². The summed E-state index contributed by atoms with van der Waals surface area (Å²) >= 11 is 0. The van der Waals surface area contributed by atoms with Gasteiger partial charge >= 0.3 is 6.09 Å². The van der Waals surface area contributed by atoms with E-state index in [1.165, 1.54) is 0 Å². The van der Waals surface area contributed by atoms with Crippen LogP contribution in [0.25, 0.3) is 5.57 Å². The third-order valence-electron chi connectivity index (χ3n) is 4.72. The fourth-order valence-electron chi connectivity index (χ4n) is 3.36. The minimum atomic E-state index is -0.602. The van der Waals surface area contributed by atoms with Gasteiger partial charge in [-0.05, 0) is 51.7 Å². The molecule has 1 atom stereocenters. The number of ether oxygens (including phenoxy) is 1. The molecule has 0 N–H and O–H groups in total. The lowest BCUT2D eigenvalue weighted by atomic mass is 9.99. The lowest BCUT2D eigenvalue weighted by Crippen LogP contribution is -2.43. The highest BCUT2D eigenvalue weighted by atomic mass is 16.6. The number of carbonyl (C=O) groups is 2. The van der Waals surface area contributed by atoms with E-state index < -0.39 is 11.7 Å². The molecule has 0 radical (unpaired) electrons. The van der Waals surface area contributed by atoms with Gasteiger partial charge in [-0.3, -0.25) is 9.69 Å². The number of amides is 2. The van der Waals surface area contributed by atoms with Crippen LogP contribution >= 0.6 is 0 Å². The molecule has 2 amide bonds. The summed E-state index contributed by atoms with van der Waals surface area (Å²) in [5, 5.41) is 0. The van der Waals surface area contributed by atoms with E-state index in [2.05, 4.69) is 20.4 Å². The third kappa shape index (κ3) is 8.60. The van der Waals surface area contributed by atoms with Gasteiger partial charge < -0.3 is 9.64 Å². The number of rotatable bonds is 11. The van der Waals surface area contributed by atoms with E-state index in [9.17, 15) is 9.59 Å². The Bertz CT molecular complexity index is 729. The highest BCUT2D eigenvalue weighted by molar-refractivity contribution is 6.19. The van der Waals surface area contributed by atoms with Gasteiger partial charge in [0.1, 0.15) is 5.60 Å². The average Bonchev–Trinajstić information content (AvgIpc) is 2.72. The molecule has 0 heterocycles. The van der Waals surface area contributed by atoms with Crippen LogP contribution in [0.5, 0.6) is 0 Å². The summed E-state index contributed by atoms with van der Waals surface area (Å²) in [5.74, 6) is -0.00362. The smallest absolute Gasteiger partial charge is 0.411 e. The minimum Gasteiger partial charge on any atom is -0.444 e. The molecule has 172 valence electrons. The summed E-state index contributed by atoms with van der Waals surface area (Å²) in [6.07, 6.45) is 5.64. The predicted octanol–water partition coefficient (Wildman–Crippen LogP) is 5.92. The number of benzene rings is 1. The fourth-order valence-corrected chi connectivity index (χ4v) is 3.36. The number of nitrogens with zero attached hydrogens (tertiary/aromatic N) is 2. The lowest BCUT2D eigenvalue weighted by molar-refractivity contribution is -0.125. The Hall–Kier alpha value is -2.56. The molecule has 1 aromatic carbocycles. The Balaban J connectivity index is 3.44. The highest BCUT2D eigenvalue weighted by Crippen LogP contribution is 2.22. The zero-order valence-corrected chi connectivity index (χ0v) is 20.2.